The summed E-state index contributed by atoms with van der Waals surface area (Å²) >= 11 is 0. The van der Waals surface area contributed by atoms with E-state index in [4.69, 9.17) is 0 Å². The second kappa shape index (κ2) is 7.49. The van der Waals surface area contributed by atoms with Crippen LogP contribution >= 0.6 is 0 Å². The van der Waals surface area contributed by atoms with Crippen LogP contribution in [0.5, 0.6) is 0 Å². The first-order chi connectivity index (χ1) is 8.54. The molecule has 1 aromatic carbocycles. The number of nitrogens with zero attached hydrogens (tertiary/aromatic N) is 1. The average Bonchev–Trinajstić information content (AvgIpc) is 2.37. The minimum Gasteiger partial charge on any atom is -0.309 e. The lowest BCUT2D eigenvalue weighted by molar-refractivity contribution is 0.249. The number of halogens is 1. The summed E-state index contributed by atoms with van der Waals surface area (Å²) in [6.45, 7) is 8.42. The minimum absolute atomic E-state index is 0.169. The zero-order chi connectivity index (χ0) is 13.5. The second-order valence-electron chi connectivity index (χ2n) is 4.97. The molecule has 0 spiro atoms. The predicted octanol–water partition coefficient (Wildman–Crippen LogP) is 3.21. The van der Waals surface area contributed by atoms with Crippen molar-refractivity contribution in [3.05, 3.63) is 35.6 Å². The molecule has 0 saturated heterocycles. The zero-order valence-corrected chi connectivity index (χ0v) is 11.9. The summed E-state index contributed by atoms with van der Waals surface area (Å²) in [7, 11) is 2.14. The zero-order valence-electron chi connectivity index (χ0n) is 11.9. The SMILES string of the molecule is CCC(C)N(C)CCNC(C)c1cccc(F)c1. The van der Waals surface area contributed by atoms with Crippen molar-refractivity contribution in [2.45, 2.75) is 39.3 Å². The van der Waals surface area contributed by atoms with Gasteiger partial charge in [-0.05, 0) is 45.0 Å². The third-order valence-electron chi connectivity index (χ3n) is 3.61. The largest absolute Gasteiger partial charge is 0.309 e. The number of hydrogen-bond donors (Lipinski definition) is 1. The molecule has 0 heterocycles. The molecular formula is C15H25FN2. The van der Waals surface area contributed by atoms with E-state index in [0.29, 0.717) is 6.04 Å². The molecule has 0 aromatic heterocycles. The van der Waals surface area contributed by atoms with E-state index < -0.39 is 0 Å². The van der Waals surface area contributed by atoms with E-state index >= 15 is 0 Å². The summed E-state index contributed by atoms with van der Waals surface area (Å²) in [6, 6.07) is 7.58. The highest BCUT2D eigenvalue weighted by molar-refractivity contribution is 5.19. The molecule has 1 rings (SSSR count). The van der Waals surface area contributed by atoms with Crippen molar-refractivity contribution < 1.29 is 4.39 Å². The Morgan fingerprint density at radius 2 is 2.06 bits per heavy atom. The van der Waals surface area contributed by atoms with Gasteiger partial charge in [0.1, 0.15) is 5.82 Å². The number of rotatable bonds is 7. The Morgan fingerprint density at radius 1 is 1.33 bits per heavy atom. The van der Waals surface area contributed by atoms with Crippen LogP contribution in [0.4, 0.5) is 4.39 Å². The predicted molar refractivity (Wildman–Crippen MR) is 75.2 cm³/mol. The van der Waals surface area contributed by atoms with Gasteiger partial charge in [-0.3, -0.25) is 0 Å². The number of nitrogens with one attached hydrogen (secondary N) is 1. The highest BCUT2D eigenvalue weighted by Crippen LogP contribution is 2.13. The maximum absolute atomic E-state index is 13.1. The van der Waals surface area contributed by atoms with Gasteiger partial charge in [-0.1, -0.05) is 19.1 Å². The highest BCUT2D eigenvalue weighted by Gasteiger charge is 2.08. The van der Waals surface area contributed by atoms with Crippen LogP contribution < -0.4 is 5.32 Å². The Bertz CT molecular complexity index is 354. The van der Waals surface area contributed by atoms with E-state index in [2.05, 4.69) is 38.0 Å². The fraction of sp³-hybridized carbons (Fsp3) is 0.600. The van der Waals surface area contributed by atoms with Crippen molar-refractivity contribution in [1.29, 1.82) is 0 Å². The molecule has 18 heavy (non-hydrogen) atoms. The molecule has 0 saturated carbocycles. The molecule has 0 aliphatic rings. The Hall–Kier alpha value is -0.930. The van der Waals surface area contributed by atoms with Crippen molar-refractivity contribution in [3.63, 3.8) is 0 Å². The van der Waals surface area contributed by atoms with Gasteiger partial charge in [-0.2, -0.15) is 0 Å². The molecule has 2 nitrogen and oxygen atoms in total. The van der Waals surface area contributed by atoms with Gasteiger partial charge in [0, 0.05) is 25.2 Å². The van der Waals surface area contributed by atoms with Crippen LogP contribution in [-0.2, 0) is 0 Å². The molecule has 1 N–H and O–H groups in total. The van der Waals surface area contributed by atoms with Gasteiger partial charge < -0.3 is 10.2 Å². The van der Waals surface area contributed by atoms with Gasteiger partial charge in [-0.25, -0.2) is 4.39 Å². The second-order valence-corrected chi connectivity index (χ2v) is 4.97. The van der Waals surface area contributed by atoms with Gasteiger partial charge in [-0.15, -0.1) is 0 Å². The van der Waals surface area contributed by atoms with E-state index in [0.717, 1.165) is 25.1 Å². The van der Waals surface area contributed by atoms with E-state index in [9.17, 15) is 4.39 Å². The average molecular weight is 252 g/mol. The van der Waals surface area contributed by atoms with Crippen LogP contribution in [0.3, 0.4) is 0 Å². The standard InChI is InChI=1S/C15H25FN2/c1-5-12(2)18(4)10-9-17-13(3)14-7-6-8-15(16)11-14/h6-8,11-13,17H,5,9-10H2,1-4H3. The van der Waals surface area contributed by atoms with Gasteiger partial charge in [0.2, 0.25) is 0 Å². The van der Waals surface area contributed by atoms with Gasteiger partial charge in [0.15, 0.2) is 0 Å². The van der Waals surface area contributed by atoms with Crippen LogP contribution in [0, 0.1) is 5.82 Å². The Labute approximate surface area is 110 Å². The first-order valence-corrected chi connectivity index (χ1v) is 6.73. The van der Waals surface area contributed by atoms with Crippen molar-refractivity contribution in [1.82, 2.24) is 10.2 Å². The first kappa shape index (κ1) is 15.1. The smallest absolute Gasteiger partial charge is 0.123 e. The molecule has 3 heteroatoms. The Balaban J connectivity index is 2.35. The van der Waals surface area contributed by atoms with Crippen LogP contribution in [0.2, 0.25) is 0 Å². The summed E-state index contributed by atoms with van der Waals surface area (Å²) in [5, 5.41) is 3.43. The molecule has 0 aliphatic heterocycles. The highest BCUT2D eigenvalue weighted by atomic mass is 19.1. The van der Waals surface area contributed by atoms with E-state index in [1.54, 1.807) is 12.1 Å². The fourth-order valence-electron chi connectivity index (χ4n) is 1.88. The minimum atomic E-state index is -0.169. The van der Waals surface area contributed by atoms with Crippen LogP contribution in [0.1, 0.15) is 38.8 Å². The Kier molecular flexibility index (Phi) is 6.30. The molecular weight excluding hydrogens is 227 g/mol. The quantitative estimate of drug-likeness (QED) is 0.801. The molecule has 0 aliphatic carbocycles. The molecule has 0 radical (unpaired) electrons. The normalized spacial score (nSPS) is 14.8. The van der Waals surface area contributed by atoms with Crippen molar-refractivity contribution >= 4 is 0 Å². The molecule has 0 fully saturated rings. The van der Waals surface area contributed by atoms with Crippen LogP contribution in [0.25, 0.3) is 0 Å². The first-order valence-electron chi connectivity index (χ1n) is 6.73. The third-order valence-corrected chi connectivity index (χ3v) is 3.61. The lowest BCUT2D eigenvalue weighted by Crippen LogP contribution is -2.35. The lowest BCUT2D eigenvalue weighted by Gasteiger charge is -2.24. The van der Waals surface area contributed by atoms with E-state index in [1.807, 2.05) is 6.07 Å². The van der Waals surface area contributed by atoms with E-state index in [-0.39, 0.29) is 11.9 Å². The lowest BCUT2D eigenvalue weighted by atomic mass is 10.1. The van der Waals surface area contributed by atoms with Gasteiger partial charge in [0.05, 0.1) is 0 Å². The monoisotopic (exact) mass is 252 g/mol. The Morgan fingerprint density at radius 3 is 2.67 bits per heavy atom. The summed E-state index contributed by atoms with van der Waals surface area (Å²) in [5.74, 6) is -0.169. The maximum Gasteiger partial charge on any atom is 0.123 e. The maximum atomic E-state index is 13.1. The molecule has 0 amide bonds. The van der Waals surface area contributed by atoms with Crippen LogP contribution in [-0.4, -0.2) is 31.1 Å². The number of benzene rings is 1. The summed E-state index contributed by atoms with van der Waals surface area (Å²) in [5.41, 5.74) is 1.00. The molecule has 1 aromatic rings. The fourth-order valence-corrected chi connectivity index (χ4v) is 1.88. The summed E-state index contributed by atoms with van der Waals surface area (Å²) < 4.78 is 13.1. The number of likely N-dealkylation sites (N-methyl/N-ethyl adjacent to an activating group) is 1. The summed E-state index contributed by atoms with van der Waals surface area (Å²) in [6.07, 6.45) is 1.16. The van der Waals surface area contributed by atoms with Crippen molar-refractivity contribution in [2.75, 3.05) is 20.1 Å². The molecule has 0 bridgehead atoms. The van der Waals surface area contributed by atoms with Gasteiger partial charge in [0.25, 0.3) is 0 Å². The van der Waals surface area contributed by atoms with Crippen LogP contribution in [0.15, 0.2) is 24.3 Å². The van der Waals surface area contributed by atoms with Gasteiger partial charge >= 0.3 is 0 Å². The van der Waals surface area contributed by atoms with Crippen molar-refractivity contribution in [2.24, 2.45) is 0 Å². The number of hydrogen-bond acceptors (Lipinski definition) is 2. The molecule has 102 valence electrons. The van der Waals surface area contributed by atoms with E-state index in [1.165, 1.54) is 6.07 Å². The third kappa shape index (κ3) is 4.75. The topological polar surface area (TPSA) is 15.3 Å². The summed E-state index contributed by atoms with van der Waals surface area (Å²) in [4.78, 5) is 2.34. The molecule has 2 atom stereocenters. The van der Waals surface area contributed by atoms with Crippen molar-refractivity contribution in [3.8, 4) is 0 Å². The molecule has 2 unspecified atom stereocenters.